The topological polar surface area (TPSA) is 94.0 Å². The second-order valence-electron chi connectivity index (χ2n) is 4.02. The van der Waals surface area contributed by atoms with Crippen molar-refractivity contribution in [3.8, 4) is 0 Å². The molecule has 0 saturated heterocycles. The van der Waals surface area contributed by atoms with E-state index in [0.717, 1.165) is 6.42 Å². The summed E-state index contributed by atoms with van der Waals surface area (Å²) in [6.07, 6.45) is 3.36. The zero-order valence-electron chi connectivity index (χ0n) is 9.69. The third-order valence-corrected chi connectivity index (χ3v) is 2.33. The third kappa shape index (κ3) is 3.62. The van der Waals surface area contributed by atoms with Crippen molar-refractivity contribution in [2.75, 3.05) is 6.54 Å². The van der Waals surface area contributed by atoms with Crippen LogP contribution in [0.1, 0.15) is 32.5 Å². The molecule has 1 aromatic rings. The molecule has 0 saturated carbocycles. The lowest BCUT2D eigenvalue weighted by Crippen LogP contribution is -2.51. The number of hydrogen-bond acceptors (Lipinski definition) is 5. The van der Waals surface area contributed by atoms with Crippen molar-refractivity contribution in [3.05, 3.63) is 12.2 Å². The zero-order valence-corrected chi connectivity index (χ0v) is 9.69. The average molecular weight is 226 g/mol. The van der Waals surface area contributed by atoms with Crippen molar-refractivity contribution in [1.82, 2.24) is 15.5 Å². The van der Waals surface area contributed by atoms with Crippen molar-refractivity contribution < 1.29 is 9.32 Å². The molecule has 90 valence electrons. The summed E-state index contributed by atoms with van der Waals surface area (Å²) in [4.78, 5) is 15.5. The number of carbonyl (C=O) groups excluding carboxylic acids is 1. The standard InChI is InChI=1S/C10H18N4O2/c1-3-5-10(2,11)9(15)12-6-4-8-13-7-16-14-8/h7H,3-6,11H2,1-2H3,(H,12,15). The van der Waals surface area contributed by atoms with E-state index in [9.17, 15) is 4.79 Å². The van der Waals surface area contributed by atoms with Gasteiger partial charge in [-0.05, 0) is 13.3 Å². The molecule has 6 nitrogen and oxygen atoms in total. The lowest BCUT2D eigenvalue weighted by Gasteiger charge is -2.22. The molecule has 1 heterocycles. The van der Waals surface area contributed by atoms with Gasteiger partial charge in [0.15, 0.2) is 5.82 Å². The van der Waals surface area contributed by atoms with Crippen molar-refractivity contribution in [2.45, 2.75) is 38.6 Å². The highest BCUT2D eigenvalue weighted by atomic mass is 16.5. The third-order valence-electron chi connectivity index (χ3n) is 2.33. The second kappa shape index (κ2) is 5.60. The van der Waals surface area contributed by atoms with Crippen LogP contribution in [0.2, 0.25) is 0 Å². The van der Waals surface area contributed by atoms with Gasteiger partial charge >= 0.3 is 0 Å². The summed E-state index contributed by atoms with van der Waals surface area (Å²) in [5.74, 6) is 0.437. The number of aromatic nitrogens is 2. The zero-order chi connectivity index (χ0) is 12.0. The Balaban J connectivity index is 2.30. The first-order chi connectivity index (χ1) is 7.56. The number of nitrogens with zero attached hydrogens (tertiary/aromatic N) is 2. The molecule has 1 atom stereocenters. The normalized spacial score (nSPS) is 14.4. The van der Waals surface area contributed by atoms with Crippen LogP contribution >= 0.6 is 0 Å². The summed E-state index contributed by atoms with van der Waals surface area (Å²) in [7, 11) is 0. The maximum absolute atomic E-state index is 11.7. The molecule has 0 aromatic carbocycles. The summed E-state index contributed by atoms with van der Waals surface area (Å²) >= 11 is 0. The van der Waals surface area contributed by atoms with E-state index < -0.39 is 5.54 Å². The molecule has 6 heteroatoms. The van der Waals surface area contributed by atoms with Gasteiger partial charge in [0.2, 0.25) is 12.3 Å². The van der Waals surface area contributed by atoms with Gasteiger partial charge in [0.25, 0.3) is 0 Å². The summed E-state index contributed by atoms with van der Waals surface area (Å²) in [6.45, 7) is 4.20. The molecule has 0 fully saturated rings. The molecule has 1 aromatic heterocycles. The van der Waals surface area contributed by atoms with E-state index in [1.165, 1.54) is 6.39 Å². The smallest absolute Gasteiger partial charge is 0.239 e. The van der Waals surface area contributed by atoms with E-state index in [1.54, 1.807) is 6.92 Å². The highest BCUT2D eigenvalue weighted by Gasteiger charge is 2.26. The maximum Gasteiger partial charge on any atom is 0.239 e. The van der Waals surface area contributed by atoms with Gasteiger partial charge in [-0.15, -0.1) is 0 Å². The van der Waals surface area contributed by atoms with E-state index in [-0.39, 0.29) is 5.91 Å². The number of hydrogen-bond donors (Lipinski definition) is 2. The van der Waals surface area contributed by atoms with E-state index in [1.807, 2.05) is 6.92 Å². The Hall–Kier alpha value is -1.43. The van der Waals surface area contributed by atoms with Crippen LogP contribution in [-0.2, 0) is 11.2 Å². The molecule has 0 bridgehead atoms. The number of amides is 1. The van der Waals surface area contributed by atoms with Gasteiger partial charge in [0.1, 0.15) is 0 Å². The molecule has 3 N–H and O–H groups in total. The van der Waals surface area contributed by atoms with Crippen LogP contribution in [0.5, 0.6) is 0 Å². The largest absolute Gasteiger partial charge is 0.354 e. The van der Waals surface area contributed by atoms with E-state index in [4.69, 9.17) is 5.73 Å². The molecule has 1 unspecified atom stereocenters. The minimum atomic E-state index is -0.800. The van der Waals surface area contributed by atoms with Crippen LogP contribution in [0, 0.1) is 0 Å². The average Bonchev–Trinajstić information content (AvgIpc) is 2.70. The Morgan fingerprint density at radius 3 is 3.00 bits per heavy atom. The molecule has 0 aliphatic heterocycles. The van der Waals surface area contributed by atoms with Crippen LogP contribution < -0.4 is 11.1 Å². The van der Waals surface area contributed by atoms with Gasteiger partial charge in [-0.25, -0.2) is 0 Å². The SMILES string of the molecule is CCCC(C)(N)C(=O)NCCc1ncon1. The van der Waals surface area contributed by atoms with Crippen LogP contribution in [0.15, 0.2) is 10.9 Å². The molecule has 0 aliphatic rings. The number of nitrogens with two attached hydrogens (primary N) is 1. The Labute approximate surface area is 94.6 Å². The van der Waals surface area contributed by atoms with Crippen molar-refractivity contribution in [1.29, 1.82) is 0 Å². The second-order valence-corrected chi connectivity index (χ2v) is 4.02. The number of nitrogens with one attached hydrogen (secondary N) is 1. The summed E-state index contributed by atoms with van der Waals surface area (Å²) in [6, 6.07) is 0. The lowest BCUT2D eigenvalue weighted by molar-refractivity contribution is -0.126. The summed E-state index contributed by atoms with van der Waals surface area (Å²) in [5.41, 5.74) is 5.07. The predicted molar refractivity (Wildman–Crippen MR) is 58.5 cm³/mol. The number of carbonyl (C=O) groups is 1. The summed E-state index contributed by atoms with van der Waals surface area (Å²) in [5, 5.41) is 6.40. The number of rotatable bonds is 6. The Morgan fingerprint density at radius 2 is 2.44 bits per heavy atom. The molecule has 0 radical (unpaired) electrons. The molecule has 0 aliphatic carbocycles. The Bertz CT molecular complexity index is 322. The lowest BCUT2D eigenvalue weighted by atomic mass is 9.96. The Morgan fingerprint density at radius 1 is 1.69 bits per heavy atom. The molecular formula is C10H18N4O2. The predicted octanol–water partition coefficient (Wildman–Crippen LogP) is 0.246. The molecule has 1 rings (SSSR count). The van der Waals surface area contributed by atoms with E-state index >= 15 is 0 Å². The highest BCUT2D eigenvalue weighted by molar-refractivity contribution is 5.85. The summed E-state index contributed by atoms with van der Waals surface area (Å²) < 4.78 is 4.58. The van der Waals surface area contributed by atoms with Gasteiger partial charge in [-0.2, -0.15) is 4.98 Å². The van der Waals surface area contributed by atoms with Crippen LogP contribution in [0.25, 0.3) is 0 Å². The van der Waals surface area contributed by atoms with Gasteiger partial charge in [0.05, 0.1) is 5.54 Å². The molecule has 1 amide bonds. The molecule has 0 spiro atoms. The minimum Gasteiger partial charge on any atom is -0.354 e. The molecule has 16 heavy (non-hydrogen) atoms. The molecular weight excluding hydrogens is 208 g/mol. The first kappa shape index (κ1) is 12.6. The van der Waals surface area contributed by atoms with Crippen LogP contribution in [0.4, 0.5) is 0 Å². The van der Waals surface area contributed by atoms with Crippen molar-refractivity contribution in [2.24, 2.45) is 5.73 Å². The van der Waals surface area contributed by atoms with Crippen LogP contribution in [0.3, 0.4) is 0 Å². The fourth-order valence-corrected chi connectivity index (χ4v) is 1.43. The van der Waals surface area contributed by atoms with E-state index in [0.29, 0.717) is 25.2 Å². The van der Waals surface area contributed by atoms with E-state index in [2.05, 4.69) is 20.0 Å². The van der Waals surface area contributed by atoms with Gasteiger partial charge < -0.3 is 15.6 Å². The van der Waals surface area contributed by atoms with Gasteiger partial charge in [-0.1, -0.05) is 18.5 Å². The fourth-order valence-electron chi connectivity index (χ4n) is 1.43. The van der Waals surface area contributed by atoms with Crippen molar-refractivity contribution >= 4 is 5.91 Å². The quantitative estimate of drug-likeness (QED) is 0.725. The Kier molecular flexibility index (Phi) is 4.42. The monoisotopic (exact) mass is 226 g/mol. The van der Waals surface area contributed by atoms with Gasteiger partial charge in [0, 0.05) is 13.0 Å². The minimum absolute atomic E-state index is 0.141. The first-order valence-electron chi connectivity index (χ1n) is 5.38. The maximum atomic E-state index is 11.7. The van der Waals surface area contributed by atoms with Gasteiger partial charge in [-0.3, -0.25) is 4.79 Å². The van der Waals surface area contributed by atoms with Crippen LogP contribution in [-0.4, -0.2) is 28.1 Å². The fraction of sp³-hybridized carbons (Fsp3) is 0.700. The first-order valence-corrected chi connectivity index (χ1v) is 5.38. The van der Waals surface area contributed by atoms with Crippen molar-refractivity contribution in [3.63, 3.8) is 0 Å². The highest BCUT2D eigenvalue weighted by Crippen LogP contribution is 2.08.